The van der Waals surface area contributed by atoms with Crippen molar-refractivity contribution in [1.29, 1.82) is 0 Å². The first-order valence-corrected chi connectivity index (χ1v) is 12.2. The molecular weight excluding hydrogens is 368 g/mol. The molecule has 0 aromatic heterocycles. The van der Waals surface area contributed by atoms with Gasteiger partial charge in [0.05, 0.1) is 35.9 Å². The van der Waals surface area contributed by atoms with Gasteiger partial charge in [0.2, 0.25) is 8.32 Å². The Morgan fingerprint density at radius 3 is 2.14 bits per heavy atom. The van der Waals surface area contributed by atoms with Gasteiger partial charge in [0.15, 0.2) is 0 Å². The smallest absolute Gasteiger partial charge is 0.390 e. The molecule has 3 atom stereocenters. The lowest BCUT2D eigenvalue weighted by Gasteiger charge is -2.20. The van der Waals surface area contributed by atoms with Crippen LogP contribution in [0.4, 0.5) is 0 Å². The van der Waals surface area contributed by atoms with Gasteiger partial charge in [-0.1, -0.05) is 0 Å². The van der Waals surface area contributed by atoms with E-state index in [1.807, 2.05) is 0 Å². The molecule has 0 bridgehead atoms. The maximum atomic E-state index is 11.5. The van der Waals surface area contributed by atoms with Gasteiger partial charge in [-0.2, -0.15) is 8.42 Å². The summed E-state index contributed by atoms with van der Waals surface area (Å²) in [5, 5.41) is 0. The van der Waals surface area contributed by atoms with Crippen molar-refractivity contribution in [2.24, 2.45) is 0 Å². The van der Waals surface area contributed by atoms with Gasteiger partial charge in [-0.15, -0.1) is 0 Å². The molecule has 0 rings (SSSR count). The van der Waals surface area contributed by atoms with E-state index < -0.39 is 60.8 Å². The fourth-order valence-electron chi connectivity index (χ4n) is 1.01. The molecule has 0 spiro atoms. The summed E-state index contributed by atoms with van der Waals surface area (Å²) < 4.78 is 81.9. The minimum Gasteiger partial charge on any atom is -0.750 e. The molecule has 0 heterocycles. The van der Waals surface area contributed by atoms with Gasteiger partial charge in [-0.05, 0) is 19.6 Å². The third kappa shape index (κ3) is 13.6. The van der Waals surface area contributed by atoms with E-state index in [0.717, 1.165) is 0 Å². The van der Waals surface area contributed by atoms with E-state index in [0.29, 0.717) is 0 Å². The second kappa shape index (κ2) is 9.38. The van der Waals surface area contributed by atoms with Gasteiger partial charge >= 0.3 is 10.4 Å². The third-order valence-corrected chi connectivity index (χ3v) is 5.61. The van der Waals surface area contributed by atoms with Crippen LogP contribution in [-0.4, -0.2) is 53.6 Å². The predicted octanol–water partition coefficient (Wildman–Crippen LogP) is -0.521. The molecule has 0 saturated heterocycles. The summed E-state index contributed by atoms with van der Waals surface area (Å²) in [4.78, 5) is 0. The van der Waals surface area contributed by atoms with Crippen LogP contribution in [0.25, 0.3) is 0 Å². The Kier molecular flexibility index (Phi) is 9.49. The highest BCUT2D eigenvalue weighted by atomic mass is 32.3. The zero-order valence-electron chi connectivity index (χ0n) is 11.5. The van der Waals surface area contributed by atoms with Crippen LogP contribution in [0.1, 0.15) is 6.42 Å². The van der Waals surface area contributed by atoms with Gasteiger partial charge < -0.3 is 13.3 Å². The van der Waals surface area contributed by atoms with Crippen LogP contribution in [0.2, 0.25) is 19.6 Å². The summed E-state index contributed by atoms with van der Waals surface area (Å²) >= 11 is -5.69. The fourth-order valence-corrected chi connectivity index (χ4v) is 4.57. The van der Waals surface area contributed by atoms with Crippen LogP contribution in [0, 0.1) is 0 Å². The van der Waals surface area contributed by atoms with E-state index in [1.54, 1.807) is 19.6 Å². The average molecular weight is 384 g/mol. The lowest BCUT2D eigenvalue weighted by molar-refractivity contribution is 0.104. The Labute approximate surface area is 129 Å². The molecular formula is C7H16O10S3Si-2. The molecule has 21 heavy (non-hydrogen) atoms. The number of hydrogen-bond acceptors (Lipinski definition) is 10. The zero-order valence-corrected chi connectivity index (χ0v) is 15.0. The second-order valence-electron chi connectivity index (χ2n) is 4.63. The first kappa shape index (κ1) is 21.2. The molecule has 128 valence electrons. The summed E-state index contributed by atoms with van der Waals surface area (Å²) in [6.07, 6.45) is -1.45. The van der Waals surface area contributed by atoms with Gasteiger partial charge in [-0.3, -0.25) is 8.06 Å². The van der Waals surface area contributed by atoms with Gasteiger partial charge in [0, 0.05) is 6.42 Å². The van der Waals surface area contributed by atoms with Crippen molar-refractivity contribution < 1.29 is 42.4 Å². The summed E-state index contributed by atoms with van der Waals surface area (Å²) in [5.74, 6) is 0. The largest absolute Gasteiger partial charge is 0.750 e. The van der Waals surface area contributed by atoms with Crippen molar-refractivity contribution in [3.63, 3.8) is 0 Å². The molecule has 14 heteroatoms. The van der Waals surface area contributed by atoms with Gasteiger partial charge in [0.25, 0.3) is 0 Å². The summed E-state index contributed by atoms with van der Waals surface area (Å²) in [6, 6.07) is 0. The molecule has 0 aliphatic rings. The Morgan fingerprint density at radius 1 is 1.14 bits per heavy atom. The molecule has 0 aliphatic heterocycles. The third-order valence-electron chi connectivity index (χ3n) is 1.58. The van der Waals surface area contributed by atoms with Crippen molar-refractivity contribution in [2.45, 2.75) is 32.2 Å². The van der Waals surface area contributed by atoms with E-state index in [4.69, 9.17) is 3.87 Å². The van der Waals surface area contributed by atoms with Crippen LogP contribution in [0.15, 0.2) is 0 Å². The van der Waals surface area contributed by atoms with E-state index in [-0.39, 0.29) is 6.42 Å². The standard InChI is InChI=1S/C7H18O10S3Si/c1-21(2,3)17-20(12,13)15-6-7(16-19(10)11)4-5-14-18(8)9/h7H,4-6H2,1-3H3,(H,8,9)(H,10,11)/p-2. The molecule has 0 saturated carbocycles. The highest BCUT2D eigenvalue weighted by Gasteiger charge is 2.26. The quantitative estimate of drug-likeness (QED) is 0.336. The van der Waals surface area contributed by atoms with Crippen LogP contribution in [0.5, 0.6) is 0 Å². The average Bonchev–Trinajstić information content (AvgIpc) is 2.21. The summed E-state index contributed by atoms with van der Waals surface area (Å²) in [7, 11) is -6.71. The molecule has 0 amide bonds. The summed E-state index contributed by atoms with van der Waals surface area (Å²) in [6.45, 7) is 3.80. The fraction of sp³-hybridized carbons (Fsp3) is 1.00. The van der Waals surface area contributed by atoms with Crippen LogP contribution in [-0.2, 0) is 49.5 Å². The van der Waals surface area contributed by atoms with Crippen molar-refractivity contribution in [2.75, 3.05) is 13.2 Å². The van der Waals surface area contributed by atoms with E-state index in [1.165, 1.54) is 0 Å². The van der Waals surface area contributed by atoms with E-state index in [2.05, 4.69) is 12.5 Å². The molecule has 3 unspecified atom stereocenters. The predicted molar refractivity (Wildman–Crippen MR) is 72.6 cm³/mol. The minimum atomic E-state index is -4.29. The molecule has 0 aliphatic carbocycles. The Balaban J connectivity index is 4.46. The Bertz CT molecular complexity index is 458. The second-order valence-corrected chi connectivity index (χ2v) is 11.8. The van der Waals surface area contributed by atoms with Crippen molar-refractivity contribution >= 4 is 41.4 Å². The van der Waals surface area contributed by atoms with Gasteiger partial charge in [0.1, 0.15) is 6.10 Å². The maximum Gasteiger partial charge on any atom is 0.390 e. The Morgan fingerprint density at radius 2 is 1.71 bits per heavy atom. The Hall–Kier alpha value is 0.227. The summed E-state index contributed by atoms with van der Waals surface area (Å²) in [5.41, 5.74) is 0. The topological polar surface area (TPSA) is 151 Å². The lowest BCUT2D eigenvalue weighted by atomic mass is 10.3. The van der Waals surface area contributed by atoms with Crippen molar-refractivity contribution in [3.05, 3.63) is 0 Å². The molecule has 0 radical (unpaired) electrons. The normalized spacial score (nSPS) is 17.4. The SMILES string of the molecule is C[Si](C)(C)OS(=O)(=O)OCC(CCOS(=O)[O-])OS(=O)[O-]. The monoisotopic (exact) mass is 384 g/mol. The van der Waals surface area contributed by atoms with Crippen LogP contribution in [0.3, 0.4) is 0 Å². The highest BCUT2D eigenvalue weighted by molar-refractivity contribution is 7.83. The lowest BCUT2D eigenvalue weighted by Crippen LogP contribution is -2.32. The molecule has 0 aromatic carbocycles. The number of hydrogen-bond donors (Lipinski definition) is 0. The molecule has 10 nitrogen and oxygen atoms in total. The number of rotatable bonds is 11. The molecule has 0 N–H and O–H groups in total. The van der Waals surface area contributed by atoms with Crippen LogP contribution < -0.4 is 0 Å². The molecule has 0 fully saturated rings. The van der Waals surface area contributed by atoms with Crippen molar-refractivity contribution in [3.8, 4) is 0 Å². The van der Waals surface area contributed by atoms with E-state index in [9.17, 15) is 25.9 Å². The van der Waals surface area contributed by atoms with Crippen molar-refractivity contribution in [1.82, 2.24) is 0 Å². The van der Waals surface area contributed by atoms with Gasteiger partial charge in [-0.25, -0.2) is 12.6 Å². The zero-order chi connectivity index (χ0) is 16.7. The first-order chi connectivity index (χ1) is 9.41. The first-order valence-electron chi connectivity index (χ1n) is 5.50. The molecule has 0 aromatic rings. The van der Waals surface area contributed by atoms with E-state index >= 15 is 0 Å². The van der Waals surface area contributed by atoms with Crippen LogP contribution >= 0.6 is 0 Å². The maximum absolute atomic E-state index is 11.5. The highest BCUT2D eigenvalue weighted by Crippen LogP contribution is 2.11. The minimum absolute atomic E-state index is 0.218.